The molecule has 140 valence electrons. The molecular formula is C18H29BCl2N2O2. The standard InChI is InChI=1S/C18H28BClN2O2.ClH/c1-17(2)18(3,4)24-19(23-17)16-12-15(20)7-6-14(16)13-22-10-8-21(5)9-11-22;/h6-7,12H,8-11,13H2,1-5H3;1H. The van der Waals surface area contributed by atoms with E-state index in [0.29, 0.717) is 0 Å². The maximum absolute atomic E-state index is 6.27. The monoisotopic (exact) mass is 386 g/mol. The van der Waals surface area contributed by atoms with Crippen molar-refractivity contribution in [3.05, 3.63) is 28.8 Å². The van der Waals surface area contributed by atoms with E-state index in [1.807, 2.05) is 12.1 Å². The van der Waals surface area contributed by atoms with E-state index in [-0.39, 0.29) is 30.7 Å². The molecule has 0 atom stereocenters. The van der Waals surface area contributed by atoms with Gasteiger partial charge in [-0.15, -0.1) is 12.4 Å². The predicted molar refractivity (Wildman–Crippen MR) is 107 cm³/mol. The number of piperazine rings is 1. The lowest BCUT2D eigenvalue weighted by Gasteiger charge is -2.33. The highest BCUT2D eigenvalue weighted by molar-refractivity contribution is 6.63. The van der Waals surface area contributed by atoms with Crippen LogP contribution in [0.4, 0.5) is 0 Å². The third-order valence-corrected chi connectivity index (χ3v) is 5.84. The Morgan fingerprint density at radius 3 is 2.16 bits per heavy atom. The molecule has 0 amide bonds. The molecule has 3 rings (SSSR count). The van der Waals surface area contributed by atoms with E-state index in [4.69, 9.17) is 20.9 Å². The van der Waals surface area contributed by atoms with Crippen molar-refractivity contribution in [3.63, 3.8) is 0 Å². The van der Waals surface area contributed by atoms with E-state index in [9.17, 15) is 0 Å². The largest absolute Gasteiger partial charge is 0.495 e. The van der Waals surface area contributed by atoms with Crippen LogP contribution in [-0.4, -0.2) is 61.3 Å². The van der Waals surface area contributed by atoms with Gasteiger partial charge in [0, 0.05) is 37.7 Å². The van der Waals surface area contributed by atoms with E-state index in [1.54, 1.807) is 0 Å². The first kappa shape index (κ1) is 21.0. The minimum atomic E-state index is -0.365. The van der Waals surface area contributed by atoms with Crippen LogP contribution >= 0.6 is 24.0 Å². The van der Waals surface area contributed by atoms with Crippen LogP contribution < -0.4 is 5.46 Å². The Balaban J connectivity index is 0.00000225. The zero-order chi connectivity index (χ0) is 17.5. The molecule has 25 heavy (non-hydrogen) atoms. The molecule has 2 aliphatic heterocycles. The summed E-state index contributed by atoms with van der Waals surface area (Å²) < 4.78 is 12.5. The molecular weight excluding hydrogens is 358 g/mol. The number of benzene rings is 1. The highest BCUT2D eigenvalue weighted by atomic mass is 35.5. The molecule has 1 aromatic rings. The Morgan fingerprint density at radius 1 is 1.04 bits per heavy atom. The number of halogens is 2. The lowest BCUT2D eigenvalue weighted by molar-refractivity contribution is 0.00578. The molecule has 0 spiro atoms. The number of hydrogen-bond donors (Lipinski definition) is 0. The summed E-state index contributed by atoms with van der Waals surface area (Å²) in [5.74, 6) is 0. The SMILES string of the molecule is CN1CCN(Cc2ccc(Cl)cc2B2OC(C)(C)C(C)(C)O2)CC1.Cl. The van der Waals surface area contributed by atoms with Crippen molar-refractivity contribution in [2.45, 2.75) is 45.4 Å². The number of nitrogens with zero attached hydrogens (tertiary/aromatic N) is 2. The van der Waals surface area contributed by atoms with Crippen molar-refractivity contribution >= 4 is 36.6 Å². The summed E-state index contributed by atoms with van der Waals surface area (Å²) in [5.41, 5.74) is 1.61. The topological polar surface area (TPSA) is 24.9 Å². The lowest BCUT2D eigenvalue weighted by Crippen LogP contribution is -2.45. The highest BCUT2D eigenvalue weighted by Crippen LogP contribution is 2.37. The molecule has 1 aromatic carbocycles. The maximum Gasteiger partial charge on any atom is 0.495 e. The summed E-state index contributed by atoms with van der Waals surface area (Å²) in [4.78, 5) is 4.85. The van der Waals surface area contributed by atoms with Crippen LogP contribution in [0.2, 0.25) is 5.02 Å². The Labute approximate surface area is 163 Å². The average molecular weight is 387 g/mol. The van der Waals surface area contributed by atoms with Gasteiger partial charge in [0.2, 0.25) is 0 Å². The third-order valence-electron chi connectivity index (χ3n) is 5.60. The van der Waals surface area contributed by atoms with Crippen LogP contribution in [0.1, 0.15) is 33.3 Å². The molecule has 0 aromatic heterocycles. The fourth-order valence-corrected chi connectivity index (χ4v) is 3.33. The van der Waals surface area contributed by atoms with Gasteiger partial charge in [-0.05, 0) is 57.9 Å². The molecule has 2 saturated heterocycles. The molecule has 0 aliphatic carbocycles. The van der Waals surface area contributed by atoms with Gasteiger partial charge in [-0.1, -0.05) is 17.7 Å². The smallest absolute Gasteiger partial charge is 0.399 e. The Bertz CT molecular complexity index is 589. The third kappa shape index (κ3) is 4.52. The van der Waals surface area contributed by atoms with Gasteiger partial charge in [0.1, 0.15) is 0 Å². The minimum Gasteiger partial charge on any atom is -0.399 e. The quantitative estimate of drug-likeness (QED) is 0.745. The first-order chi connectivity index (χ1) is 11.2. The zero-order valence-electron chi connectivity index (χ0n) is 15.8. The summed E-state index contributed by atoms with van der Waals surface area (Å²) >= 11 is 6.27. The van der Waals surface area contributed by atoms with Crippen LogP contribution in [0.25, 0.3) is 0 Å². The van der Waals surface area contributed by atoms with Crippen LogP contribution in [0.5, 0.6) is 0 Å². The van der Waals surface area contributed by atoms with E-state index >= 15 is 0 Å². The van der Waals surface area contributed by atoms with Crippen molar-refractivity contribution in [1.29, 1.82) is 0 Å². The molecule has 4 nitrogen and oxygen atoms in total. The van der Waals surface area contributed by atoms with Gasteiger partial charge in [0.05, 0.1) is 11.2 Å². The van der Waals surface area contributed by atoms with Crippen LogP contribution in [-0.2, 0) is 15.9 Å². The molecule has 2 heterocycles. The van der Waals surface area contributed by atoms with E-state index in [1.165, 1.54) is 5.56 Å². The second kappa shape index (κ2) is 7.75. The summed E-state index contributed by atoms with van der Waals surface area (Å²) in [6.45, 7) is 13.6. The molecule has 7 heteroatoms. The second-order valence-corrected chi connectivity index (χ2v) is 8.45. The first-order valence-electron chi connectivity index (χ1n) is 8.73. The average Bonchev–Trinajstić information content (AvgIpc) is 2.71. The van der Waals surface area contributed by atoms with Gasteiger partial charge in [-0.2, -0.15) is 0 Å². The molecule has 0 saturated carbocycles. The number of rotatable bonds is 3. The summed E-state index contributed by atoms with van der Waals surface area (Å²) in [7, 11) is 1.81. The Morgan fingerprint density at radius 2 is 1.60 bits per heavy atom. The van der Waals surface area contributed by atoms with Crippen molar-refractivity contribution in [3.8, 4) is 0 Å². The van der Waals surface area contributed by atoms with E-state index in [2.05, 4.69) is 50.6 Å². The predicted octanol–water partition coefficient (Wildman–Crippen LogP) is 2.81. The van der Waals surface area contributed by atoms with Crippen molar-refractivity contribution in [1.82, 2.24) is 9.80 Å². The summed E-state index contributed by atoms with van der Waals surface area (Å²) in [6, 6.07) is 6.07. The second-order valence-electron chi connectivity index (χ2n) is 8.01. The van der Waals surface area contributed by atoms with Crippen molar-refractivity contribution in [2.24, 2.45) is 0 Å². The molecule has 0 N–H and O–H groups in total. The van der Waals surface area contributed by atoms with E-state index < -0.39 is 0 Å². The fourth-order valence-electron chi connectivity index (χ4n) is 3.15. The molecule has 0 bridgehead atoms. The van der Waals surface area contributed by atoms with Gasteiger partial charge < -0.3 is 14.2 Å². The molecule has 0 unspecified atom stereocenters. The minimum absolute atomic E-state index is 0. The fraction of sp³-hybridized carbons (Fsp3) is 0.667. The van der Waals surface area contributed by atoms with Gasteiger partial charge >= 0.3 is 7.12 Å². The molecule has 2 aliphatic rings. The van der Waals surface area contributed by atoms with Gasteiger partial charge in [-0.25, -0.2) is 0 Å². The Hall–Kier alpha value is -0.295. The van der Waals surface area contributed by atoms with Crippen LogP contribution in [0.3, 0.4) is 0 Å². The summed E-state index contributed by atoms with van der Waals surface area (Å²) in [5, 5.41) is 0.724. The van der Waals surface area contributed by atoms with Gasteiger partial charge in [-0.3, -0.25) is 4.90 Å². The van der Waals surface area contributed by atoms with Crippen LogP contribution in [0.15, 0.2) is 18.2 Å². The maximum atomic E-state index is 6.27. The first-order valence-corrected chi connectivity index (χ1v) is 9.11. The Kier molecular flexibility index (Phi) is 6.51. The van der Waals surface area contributed by atoms with Gasteiger partial charge in [0.25, 0.3) is 0 Å². The molecule has 0 radical (unpaired) electrons. The van der Waals surface area contributed by atoms with Crippen LogP contribution in [0, 0.1) is 0 Å². The lowest BCUT2D eigenvalue weighted by atomic mass is 9.75. The van der Waals surface area contributed by atoms with Gasteiger partial charge in [0.15, 0.2) is 0 Å². The zero-order valence-corrected chi connectivity index (χ0v) is 17.4. The number of hydrogen-bond acceptors (Lipinski definition) is 4. The van der Waals surface area contributed by atoms with E-state index in [0.717, 1.165) is 43.2 Å². The normalized spacial score (nSPS) is 23.5. The van der Waals surface area contributed by atoms with Crippen molar-refractivity contribution in [2.75, 3.05) is 33.2 Å². The highest BCUT2D eigenvalue weighted by Gasteiger charge is 2.52. The van der Waals surface area contributed by atoms with Crippen molar-refractivity contribution < 1.29 is 9.31 Å². The number of likely N-dealkylation sites (N-methyl/N-ethyl adjacent to an activating group) is 1. The summed E-state index contributed by atoms with van der Waals surface area (Å²) in [6.07, 6.45) is 0. The molecule has 2 fully saturated rings.